The predicted octanol–water partition coefficient (Wildman–Crippen LogP) is 8.02. The lowest BCUT2D eigenvalue weighted by molar-refractivity contribution is 0.303. The molecule has 0 aliphatic heterocycles. The highest BCUT2D eigenvalue weighted by Crippen LogP contribution is 2.38. The Balaban J connectivity index is 1.38. The van der Waals surface area contributed by atoms with Crippen molar-refractivity contribution >= 4 is 15.9 Å². The third-order valence-electron chi connectivity index (χ3n) is 6.20. The van der Waals surface area contributed by atoms with E-state index in [2.05, 4.69) is 57.3 Å². The highest BCUT2D eigenvalue weighted by Gasteiger charge is 2.22. The molecule has 3 aromatic rings. The molecule has 1 fully saturated rings. The minimum absolute atomic E-state index is 0.548. The molecule has 4 rings (SSSR count). The largest absolute Gasteiger partial charge is 0.334 e. The zero-order valence-corrected chi connectivity index (χ0v) is 18.7. The summed E-state index contributed by atoms with van der Waals surface area (Å²) >= 11 is 3.49. The lowest BCUT2D eigenvalue weighted by Crippen LogP contribution is -2.13. The summed E-state index contributed by atoms with van der Waals surface area (Å²) in [6.45, 7) is 2.29. The number of rotatable bonds is 7. The molecule has 2 aromatic carbocycles. The van der Waals surface area contributed by atoms with E-state index in [1.165, 1.54) is 56.9 Å². The van der Waals surface area contributed by atoms with Crippen molar-refractivity contribution in [2.45, 2.75) is 64.2 Å². The first-order chi connectivity index (χ1) is 14.2. The van der Waals surface area contributed by atoms with Crippen LogP contribution in [0.5, 0.6) is 0 Å². The van der Waals surface area contributed by atoms with Gasteiger partial charge in [0.1, 0.15) is 0 Å². The van der Waals surface area contributed by atoms with E-state index < -0.39 is 0 Å². The van der Waals surface area contributed by atoms with Crippen molar-refractivity contribution in [3.05, 3.63) is 58.6 Å². The first-order valence-electron chi connectivity index (χ1n) is 10.9. The van der Waals surface area contributed by atoms with Crippen LogP contribution in [0.15, 0.2) is 57.5 Å². The zero-order valence-electron chi connectivity index (χ0n) is 17.1. The number of aromatic nitrogens is 2. The van der Waals surface area contributed by atoms with E-state index in [-0.39, 0.29) is 0 Å². The first-order valence-corrected chi connectivity index (χ1v) is 11.7. The number of hydrogen-bond acceptors (Lipinski definition) is 3. The maximum atomic E-state index is 5.48. The van der Waals surface area contributed by atoms with Crippen LogP contribution in [-0.4, -0.2) is 10.1 Å². The summed E-state index contributed by atoms with van der Waals surface area (Å²) in [5.41, 5.74) is 3.38. The van der Waals surface area contributed by atoms with Crippen LogP contribution in [0.25, 0.3) is 22.8 Å². The van der Waals surface area contributed by atoms with Crippen LogP contribution in [0.2, 0.25) is 0 Å². The van der Waals surface area contributed by atoms with Gasteiger partial charge in [0.15, 0.2) is 0 Å². The van der Waals surface area contributed by atoms with E-state index in [4.69, 9.17) is 4.52 Å². The summed E-state index contributed by atoms with van der Waals surface area (Å²) in [6.07, 6.45) is 11.0. The molecule has 0 radical (unpaired) electrons. The van der Waals surface area contributed by atoms with E-state index in [9.17, 15) is 0 Å². The summed E-state index contributed by atoms with van der Waals surface area (Å²) in [5, 5.41) is 4.18. The molecule has 0 spiro atoms. The first kappa shape index (κ1) is 20.3. The summed E-state index contributed by atoms with van der Waals surface area (Å²) < 4.78 is 6.48. The molecule has 1 aliphatic rings. The van der Waals surface area contributed by atoms with Crippen molar-refractivity contribution < 1.29 is 4.52 Å². The Bertz CT molecular complexity index is 911. The van der Waals surface area contributed by atoms with Gasteiger partial charge in [0.05, 0.1) is 0 Å². The second-order valence-electron chi connectivity index (χ2n) is 8.27. The van der Waals surface area contributed by atoms with Crippen molar-refractivity contribution in [1.29, 1.82) is 0 Å². The van der Waals surface area contributed by atoms with E-state index in [0.717, 1.165) is 21.5 Å². The van der Waals surface area contributed by atoms with Gasteiger partial charge in [-0.2, -0.15) is 4.98 Å². The van der Waals surface area contributed by atoms with Gasteiger partial charge in [-0.05, 0) is 61.3 Å². The molecule has 3 nitrogen and oxygen atoms in total. The molecule has 1 aromatic heterocycles. The van der Waals surface area contributed by atoms with Crippen molar-refractivity contribution in [3.63, 3.8) is 0 Å². The summed E-state index contributed by atoms with van der Waals surface area (Å²) in [6, 6.07) is 16.7. The van der Waals surface area contributed by atoms with Gasteiger partial charge in [-0.3, -0.25) is 0 Å². The monoisotopic (exact) mass is 452 g/mol. The van der Waals surface area contributed by atoms with Crippen LogP contribution in [0.4, 0.5) is 0 Å². The van der Waals surface area contributed by atoms with Crippen LogP contribution in [0, 0.1) is 5.92 Å². The molecule has 4 heteroatoms. The maximum absolute atomic E-state index is 5.48. The van der Waals surface area contributed by atoms with Crippen LogP contribution in [0.1, 0.15) is 69.8 Å². The van der Waals surface area contributed by atoms with Gasteiger partial charge in [0.25, 0.3) is 5.89 Å². The van der Waals surface area contributed by atoms with Crippen LogP contribution < -0.4 is 0 Å². The molecular weight excluding hydrogens is 424 g/mol. The van der Waals surface area contributed by atoms with Crippen molar-refractivity contribution in [1.82, 2.24) is 10.1 Å². The Morgan fingerprint density at radius 3 is 2.48 bits per heavy atom. The van der Waals surface area contributed by atoms with Gasteiger partial charge in [-0.15, -0.1) is 0 Å². The Morgan fingerprint density at radius 1 is 0.966 bits per heavy atom. The molecule has 0 atom stereocenters. The smallest absolute Gasteiger partial charge is 0.258 e. The molecular formula is C25H29BrN2O. The Kier molecular flexibility index (Phi) is 6.81. The highest BCUT2D eigenvalue weighted by molar-refractivity contribution is 9.10. The lowest BCUT2D eigenvalue weighted by Gasteiger charge is -2.29. The van der Waals surface area contributed by atoms with E-state index >= 15 is 0 Å². The fraction of sp³-hybridized carbons (Fsp3) is 0.440. The van der Waals surface area contributed by atoms with Crippen molar-refractivity contribution in [2.75, 3.05) is 0 Å². The molecule has 1 saturated carbocycles. The minimum Gasteiger partial charge on any atom is -0.334 e. The minimum atomic E-state index is 0.548. The molecule has 0 bridgehead atoms. The molecule has 29 heavy (non-hydrogen) atoms. The van der Waals surface area contributed by atoms with E-state index in [1.54, 1.807) is 0 Å². The number of unbranched alkanes of at least 4 members (excludes halogenated alkanes) is 2. The SMILES string of the molecule is CCCCCC1CCC(c2ccc(-c3noc(-c4cccc(Br)c4)n3)cc2)CC1. The van der Waals surface area contributed by atoms with Crippen molar-refractivity contribution in [3.8, 4) is 22.8 Å². The average Bonchev–Trinajstić information content (AvgIpc) is 3.25. The van der Waals surface area contributed by atoms with Gasteiger partial charge in [0, 0.05) is 15.6 Å². The molecule has 0 saturated heterocycles. The number of hydrogen-bond donors (Lipinski definition) is 0. The Labute approximate surface area is 182 Å². The van der Waals surface area contributed by atoms with Crippen LogP contribution >= 0.6 is 15.9 Å². The molecule has 152 valence electrons. The van der Waals surface area contributed by atoms with Crippen LogP contribution in [0.3, 0.4) is 0 Å². The number of halogens is 1. The second kappa shape index (κ2) is 9.71. The molecule has 1 aliphatic carbocycles. The van der Waals surface area contributed by atoms with Gasteiger partial charge in [0.2, 0.25) is 5.82 Å². The lowest BCUT2D eigenvalue weighted by atomic mass is 9.77. The van der Waals surface area contributed by atoms with Crippen molar-refractivity contribution in [2.24, 2.45) is 5.92 Å². The van der Waals surface area contributed by atoms with Gasteiger partial charge >= 0.3 is 0 Å². The van der Waals surface area contributed by atoms with Gasteiger partial charge in [-0.25, -0.2) is 0 Å². The molecule has 0 amide bonds. The number of benzene rings is 2. The maximum Gasteiger partial charge on any atom is 0.258 e. The Morgan fingerprint density at radius 2 is 1.76 bits per heavy atom. The summed E-state index contributed by atoms with van der Waals surface area (Å²) in [5.74, 6) is 2.85. The summed E-state index contributed by atoms with van der Waals surface area (Å²) in [7, 11) is 0. The molecule has 0 unspecified atom stereocenters. The highest BCUT2D eigenvalue weighted by atomic mass is 79.9. The third-order valence-corrected chi connectivity index (χ3v) is 6.69. The molecule has 1 heterocycles. The van der Waals surface area contributed by atoms with Gasteiger partial charge in [-0.1, -0.05) is 84.0 Å². The zero-order chi connectivity index (χ0) is 20.1. The Hall–Kier alpha value is -1.94. The fourth-order valence-electron chi connectivity index (χ4n) is 4.45. The third kappa shape index (κ3) is 5.16. The predicted molar refractivity (Wildman–Crippen MR) is 122 cm³/mol. The summed E-state index contributed by atoms with van der Waals surface area (Å²) in [4.78, 5) is 4.58. The fourth-order valence-corrected chi connectivity index (χ4v) is 4.85. The second-order valence-corrected chi connectivity index (χ2v) is 9.18. The topological polar surface area (TPSA) is 38.9 Å². The normalized spacial score (nSPS) is 19.4. The number of nitrogens with zero attached hydrogens (tertiary/aromatic N) is 2. The average molecular weight is 453 g/mol. The van der Waals surface area contributed by atoms with Crippen LogP contribution in [-0.2, 0) is 0 Å². The molecule has 0 N–H and O–H groups in total. The quantitative estimate of drug-likeness (QED) is 0.340. The van der Waals surface area contributed by atoms with E-state index in [1.807, 2.05) is 24.3 Å². The standard InChI is InChI=1S/C25H29BrN2O/c1-2-3-4-6-18-9-11-19(12-10-18)20-13-15-21(16-14-20)24-27-25(29-28-24)22-7-5-8-23(26)17-22/h5,7-8,13-19H,2-4,6,9-12H2,1H3. The van der Waals surface area contributed by atoms with Gasteiger partial charge < -0.3 is 4.52 Å². The van der Waals surface area contributed by atoms with E-state index in [0.29, 0.717) is 17.6 Å².